The first-order valence-corrected chi connectivity index (χ1v) is 4.52. The fourth-order valence-electron chi connectivity index (χ4n) is 1.81. The molecule has 1 aliphatic rings. The Bertz CT molecular complexity index is 114. The summed E-state index contributed by atoms with van der Waals surface area (Å²) in [4.78, 5) is 0. The van der Waals surface area contributed by atoms with Crippen molar-refractivity contribution in [2.45, 2.75) is 38.8 Å². The van der Waals surface area contributed by atoms with E-state index in [1.54, 1.807) is 0 Å². The van der Waals surface area contributed by atoms with Crippen LogP contribution in [0.4, 0.5) is 0 Å². The molecule has 66 valence electrons. The lowest BCUT2D eigenvalue weighted by atomic mass is 9.92. The molecule has 1 N–H and O–H groups in total. The topological polar surface area (TPSA) is 21.3 Å². The number of hydrogen-bond acceptors (Lipinski definition) is 2. The summed E-state index contributed by atoms with van der Waals surface area (Å²) in [5, 5.41) is 3.49. The minimum absolute atomic E-state index is 0.434. The Morgan fingerprint density at radius 1 is 1.45 bits per heavy atom. The molecular formula is C9H19NO. The summed E-state index contributed by atoms with van der Waals surface area (Å²) >= 11 is 0. The van der Waals surface area contributed by atoms with Gasteiger partial charge in [-0.3, -0.25) is 0 Å². The smallest absolute Gasteiger partial charge is 0.0727 e. The maximum atomic E-state index is 5.40. The highest BCUT2D eigenvalue weighted by Gasteiger charge is 2.26. The number of ether oxygens (including phenoxy) is 1. The maximum Gasteiger partial charge on any atom is 0.0727 e. The van der Waals surface area contributed by atoms with Crippen molar-refractivity contribution in [2.75, 3.05) is 13.7 Å². The molecule has 2 nitrogen and oxygen atoms in total. The number of hydrogen-bond donors (Lipinski definition) is 1. The number of nitrogens with one attached hydrogen (secondary N) is 1. The average Bonchev–Trinajstić information content (AvgIpc) is 2.04. The molecule has 1 aliphatic heterocycles. The molecule has 0 saturated carbocycles. The summed E-state index contributed by atoms with van der Waals surface area (Å²) in [7, 11) is 1.81. The van der Waals surface area contributed by atoms with Gasteiger partial charge in [-0.15, -0.1) is 0 Å². The van der Waals surface area contributed by atoms with Crippen molar-refractivity contribution >= 4 is 0 Å². The molecule has 0 aromatic carbocycles. The second kappa shape index (κ2) is 4.07. The lowest BCUT2D eigenvalue weighted by Crippen LogP contribution is -2.48. The van der Waals surface area contributed by atoms with Crippen LogP contribution in [0.5, 0.6) is 0 Å². The molecule has 1 rings (SSSR count). The van der Waals surface area contributed by atoms with Gasteiger partial charge in [0.05, 0.1) is 6.10 Å². The molecule has 2 atom stereocenters. The van der Waals surface area contributed by atoms with E-state index in [0.717, 1.165) is 6.54 Å². The fourth-order valence-corrected chi connectivity index (χ4v) is 1.81. The van der Waals surface area contributed by atoms with Crippen LogP contribution in [0.25, 0.3) is 0 Å². The minimum Gasteiger partial charge on any atom is -0.380 e. The molecule has 0 aromatic rings. The molecule has 0 radical (unpaired) electrons. The van der Waals surface area contributed by atoms with Crippen molar-refractivity contribution in [2.24, 2.45) is 5.92 Å². The van der Waals surface area contributed by atoms with Gasteiger partial charge in [-0.05, 0) is 25.3 Å². The standard InChI is InChI=1S/C9H19NO/c1-7(2)9-8(11-3)5-4-6-10-9/h7-10H,4-6H2,1-3H3. The van der Waals surface area contributed by atoms with Crippen molar-refractivity contribution in [3.8, 4) is 0 Å². The first-order valence-electron chi connectivity index (χ1n) is 4.52. The van der Waals surface area contributed by atoms with E-state index in [4.69, 9.17) is 4.74 Å². The molecule has 0 spiro atoms. The summed E-state index contributed by atoms with van der Waals surface area (Å²) in [6.45, 7) is 5.65. The normalized spacial score (nSPS) is 32.7. The number of rotatable bonds is 2. The third-order valence-corrected chi connectivity index (χ3v) is 2.47. The van der Waals surface area contributed by atoms with Gasteiger partial charge in [0.1, 0.15) is 0 Å². The van der Waals surface area contributed by atoms with Gasteiger partial charge < -0.3 is 10.1 Å². The van der Waals surface area contributed by atoms with Crippen molar-refractivity contribution in [1.29, 1.82) is 0 Å². The highest BCUT2D eigenvalue weighted by atomic mass is 16.5. The van der Waals surface area contributed by atoms with E-state index in [2.05, 4.69) is 19.2 Å². The Balaban J connectivity index is 2.44. The number of piperidine rings is 1. The van der Waals surface area contributed by atoms with Gasteiger partial charge in [0.2, 0.25) is 0 Å². The van der Waals surface area contributed by atoms with E-state index in [-0.39, 0.29) is 0 Å². The minimum atomic E-state index is 0.434. The monoisotopic (exact) mass is 157 g/mol. The summed E-state index contributed by atoms with van der Waals surface area (Å²) in [5.41, 5.74) is 0. The van der Waals surface area contributed by atoms with E-state index in [1.807, 2.05) is 7.11 Å². The Labute approximate surface area is 69.3 Å². The van der Waals surface area contributed by atoms with Gasteiger partial charge in [0.25, 0.3) is 0 Å². The van der Waals surface area contributed by atoms with Crippen LogP contribution in [0.15, 0.2) is 0 Å². The van der Waals surface area contributed by atoms with Crippen molar-refractivity contribution < 1.29 is 4.74 Å². The van der Waals surface area contributed by atoms with Gasteiger partial charge in [-0.2, -0.15) is 0 Å². The maximum absolute atomic E-state index is 5.40. The van der Waals surface area contributed by atoms with Crippen molar-refractivity contribution in [3.05, 3.63) is 0 Å². The lowest BCUT2D eigenvalue weighted by Gasteiger charge is -2.34. The van der Waals surface area contributed by atoms with Crippen LogP contribution in [0, 0.1) is 5.92 Å². The quantitative estimate of drug-likeness (QED) is 0.654. The first-order chi connectivity index (χ1) is 5.25. The van der Waals surface area contributed by atoms with E-state index < -0.39 is 0 Å². The molecular weight excluding hydrogens is 138 g/mol. The molecule has 2 heteroatoms. The Kier molecular flexibility index (Phi) is 3.34. The van der Waals surface area contributed by atoms with Gasteiger partial charge in [-0.1, -0.05) is 13.8 Å². The summed E-state index contributed by atoms with van der Waals surface area (Å²) in [5.74, 6) is 0.681. The molecule has 1 saturated heterocycles. The van der Waals surface area contributed by atoms with Gasteiger partial charge in [0, 0.05) is 13.2 Å². The van der Waals surface area contributed by atoms with Gasteiger partial charge in [-0.25, -0.2) is 0 Å². The fraction of sp³-hybridized carbons (Fsp3) is 1.00. The third-order valence-electron chi connectivity index (χ3n) is 2.47. The molecule has 1 fully saturated rings. The average molecular weight is 157 g/mol. The summed E-state index contributed by atoms with van der Waals surface area (Å²) in [6.07, 6.45) is 2.90. The zero-order chi connectivity index (χ0) is 8.27. The van der Waals surface area contributed by atoms with Crippen LogP contribution in [0.3, 0.4) is 0 Å². The SMILES string of the molecule is COC1CCCNC1C(C)C. The van der Waals surface area contributed by atoms with Gasteiger partial charge >= 0.3 is 0 Å². The Morgan fingerprint density at radius 2 is 2.18 bits per heavy atom. The molecule has 0 aromatic heterocycles. The second-order valence-corrected chi connectivity index (χ2v) is 3.64. The molecule has 0 amide bonds. The summed E-state index contributed by atoms with van der Waals surface area (Å²) in [6, 6.07) is 0.564. The van der Waals surface area contributed by atoms with Crippen LogP contribution in [-0.4, -0.2) is 25.8 Å². The molecule has 0 aliphatic carbocycles. The number of methoxy groups -OCH3 is 1. The molecule has 0 bridgehead atoms. The third kappa shape index (κ3) is 2.17. The van der Waals surface area contributed by atoms with E-state index in [0.29, 0.717) is 18.1 Å². The van der Waals surface area contributed by atoms with Crippen molar-refractivity contribution in [3.63, 3.8) is 0 Å². The predicted octanol–water partition coefficient (Wildman–Crippen LogP) is 1.41. The Morgan fingerprint density at radius 3 is 2.64 bits per heavy atom. The molecule has 11 heavy (non-hydrogen) atoms. The molecule has 2 unspecified atom stereocenters. The first kappa shape index (κ1) is 9.01. The zero-order valence-electron chi connectivity index (χ0n) is 7.76. The highest BCUT2D eigenvalue weighted by molar-refractivity contribution is 4.83. The van der Waals surface area contributed by atoms with Crippen molar-refractivity contribution in [1.82, 2.24) is 5.32 Å². The van der Waals surface area contributed by atoms with E-state index in [9.17, 15) is 0 Å². The second-order valence-electron chi connectivity index (χ2n) is 3.64. The zero-order valence-corrected chi connectivity index (χ0v) is 7.76. The highest BCUT2D eigenvalue weighted by Crippen LogP contribution is 2.17. The van der Waals surface area contributed by atoms with Crippen LogP contribution >= 0.6 is 0 Å². The van der Waals surface area contributed by atoms with Crippen LogP contribution in [0.2, 0.25) is 0 Å². The Hall–Kier alpha value is -0.0800. The largest absolute Gasteiger partial charge is 0.380 e. The lowest BCUT2D eigenvalue weighted by molar-refractivity contribution is 0.0304. The van der Waals surface area contributed by atoms with Crippen LogP contribution in [-0.2, 0) is 4.74 Å². The predicted molar refractivity (Wildman–Crippen MR) is 46.7 cm³/mol. The van der Waals surface area contributed by atoms with E-state index >= 15 is 0 Å². The van der Waals surface area contributed by atoms with Gasteiger partial charge in [0.15, 0.2) is 0 Å². The van der Waals surface area contributed by atoms with Crippen LogP contribution in [0.1, 0.15) is 26.7 Å². The summed E-state index contributed by atoms with van der Waals surface area (Å²) < 4.78 is 5.40. The molecule has 1 heterocycles. The van der Waals surface area contributed by atoms with Crippen LogP contribution < -0.4 is 5.32 Å². The van der Waals surface area contributed by atoms with E-state index in [1.165, 1.54) is 12.8 Å².